The quantitative estimate of drug-likeness (QED) is 0.614. The van der Waals surface area contributed by atoms with Crippen LogP contribution in [0.5, 0.6) is 0 Å². The van der Waals surface area contributed by atoms with Gasteiger partial charge in [-0.1, -0.05) is 12.1 Å². The maximum atomic E-state index is 11.4. The average molecular weight is 312 g/mol. The van der Waals surface area contributed by atoms with Gasteiger partial charge in [-0.2, -0.15) is 0 Å². The Morgan fingerprint density at radius 2 is 1.62 bits per heavy atom. The number of esters is 2. The molecule has 0 N–H and O–H groups in total. The number of rotatable bonds is 4. The number of aryl methyl sites for hydroxylation is 1. The SMILES string of the molecule is CC1(CCc2ccc(S(C)(=O)=O)cc2)OC(=O)CC(=O)O1. The van der Waals surface area contributed by atoms with Gasteiger partial charge >= 0.3 is 11.9 Å². The lowest BCUT2D eigenvalue weighted by Crippen LogP contribution is -2.43. The van der Waals surface area contributed by atoms with E-state index in [-0.39, 0.29) is 11.3 Å². The van der Waals surface area contributed by atoms with Gasteiger partial charge in [0.1, 0.15) is 6.42 Å². The van der Waals surface area contributed by atoms with E-state index in [0.717, 1.165) is 11.8 Å². The summed E-state index contributed by atoms with van der Waals surface area (Å²) in [5.41, 5.74) is 0.862. The van der Waals surface area contributed by atoms with Gasteiger partial charge in [-0.3, -0.25) is 9.59 Å². The van der Waals surface area contributed by atoms with Crippen molar-refractivity contribution in [3.05, 3.63) is 29.8 Å². The van der Waals surface area contributed by atoms with Crippen LogP contribution in [0.25, 0.3) is 0 Å². The van der Waals surface area contributed by atoms with Crippen molar-refractivity contribution in [2.24, 2.45) is 0 Å². The van der Waals surface area contributed by atoms with E-state index >= 15 is 0 Å². The van der Waals surface area contributed by atoms with Gasteiger partial charge < -0.3 is 9.47 Å². The van der Waals surface area contributed by atoms with E-state index in [1.807, 2.05) is 0 Å². The highest BCUT2D eigenvalue weighted by Gasteiger charge is 2.38. The molecule has 0 bridgehead atoms. The maximum absolute atomic E-state index is 11.4. The number of carbonyl (C=O) groups excluding carboxylic acids is 2. The molecule has 114 valence electrons. The Morgan fingerprint density at radius 1 is 1.10 bits per heavy atom. The molecule has 0 saturated carbocycles. The lowest BCUT2D eigenvalue weighted by molar-refractivity contribution is -0.239. The molecular formula is C14H16O6S. The van der Waals surface area contributed by atoms with Gasteiger partial charge in [0.25, 0.3) is 5.79 Å². The molecule has 1 fully saturated rings. The van der Waals surface area contributed by atoms with Crippen LogP contribution in [0.4, 0.5) is 0 Å². The van der Waals surface area contributed by atoms with Crippen LogP contribution < -0.4 is 0 Å². The molecule has 21 heavy (non-hydrogen) atoms. The minimum Gasteiger partial charge on any atom is -0.422 e. The second kappa shape index (κ2) is 5.48. The Balaban J connectivity index is 2.03. The van der Waals surface area contributed by atoms with E-state index < -0.39 is 27.6 Å². The predicted molar refractivity (Wildman–Crippen MR) is 73.1 cm³/mol. The van der Waals surface area contributed by atoms with Gasteiger partial charge in [0.15, 0.2) is 9.84 Å². The van der Waals surface area contributed by atoms with Crippen LogP contribution in [-0.4, -0.2) is 32.4 Å². The third kappa shape index (κ3) is 4.04. The van der Waals surface area contributed by atoms with Crippen LogP contribution in [0.15, 0.2) is 29.2 Å². The molecule has 1 heterocycles. The van der Waals surface area contributed by atoms with Crippen LogP contribution >= 0.6 is 0 Å². The van der Waals surface area contributed by atoms with Crippen molar-refractivity contribution in [2.75, 3.05) is 6.26 Å². The Kier molecular flexibility index (Phi) is 4.04. The van der Waals surface area contributed by atoms with Crippen molar-refractivity contribution in [1.82, 2.24) is 0 Å². The molecule has 0 unspecified atom stereocenters. The number of carbonyl (C=O) groups is 2. The molecule has 1 saturated heterocycles. The fraction of sp³-hybridized carbons (Fsp3) is 0.429. The third-order valence-electron chi connectivity index (χ3n) is 3.17. The van der Waals surface area contributed by atoms with E-state index in [4.69, 9.17) is 9.47 Å². The summed E-state index contributed by atoms with van der Waals surface area (Å²) in [6, 6.07) is 6.41. The van der Waals surface area contributed by atoms with Crippen LogP contribution in [0.3, 0.4) is 0 Å². The first kappa shape index (κ1) is 15.5. The molecular weight excluding hydrogens is 296 g/mol. The van der Waals surface area contributed by atoms with Gasteiger partial charge in [-0.05, 0) is 24.1 Å². The molecule has 6 nitrogen and oxygen atoms in total. The largest absolute Gasteiger partial charge is 0.422 e. The predicted octanol–water partition coefficient (Wildman–Crippen LogP) is 1.23. The fourth-order valence-electron chi connectivity index (χ4n) is 2.07. The second-order valence-corrected chi connectivity index (χ2v) is 7.19. The highest BCUT2D eigenvalue weighted by Crippen LogP contribution is 2.25. The molecule has 0 radical (unpaired) electrons. The number of cyclic esters (lactones) is 2. The standard InChI is InChI=1S/C14H16O6S/c1-14(19-12(15)9-13(16)20-14)8-7-10-3-5-11(6-4-10)21(2,17)18/h3-6H,7-9H2,1-2H3. The summed E-state index contributed by atoms with van der Waals surface area (Å²) >= 11 is 0. The summed E-state index contributed by atoms with van der Waals surface area (Å²) in [6.45, 7) is 1.53. The topological polar surface area (TPSA) is 86.7 Å². The summed E-state index contributed by atoms with van der Waals surface area (Å²) < 4.78 is 32.8. The zero-order chi connectivity index (χ0) is 15.7. The van der Waals surface area contributed by atoms with E-state index in [2.05, 4.69) is 0 Å². The lowest BCUT2D eigenvalue weighted by atomic mass is 10.0. The van der Waals surface area contributed by atoms with Crippen molar-refractivity contribution in [2.45, 2.75) is 36.9 Å². The monoisotopic (exact) mass is 312 g/mol. The number of benzene rings is 1. The van der Waals surface area contributed by atoms with Crippen LogP contribution in [0.1, 0.15) is 25.3 Å². The molecule has 1 aliphatic heterocycles. The van der Waals surface area contributed by atoms with Gasteiger partial charge in [-0.25, -0.2) is 8.42 Å². The van der Waals surface area contributed by atoms with Gasteiger partial charge in [0.05, 0.1) is 4.90 Å². The van der Waals surface area contributed by atoms with E-state index in [0.29, 0.717) is 12.8 Å². The molecule has 0 amide bonds. The molecule has 0 aromatic heterocycles. The first-order valence-electron chi connectivity index (χ1n) is 6.41. The summed E-state index contributed by atoms with van der Waals surface area (Å²) in [6.07, 6.45) is 1.58. The normalized spacial score (nSPS) is 18.0. The Hall–Kier alpha value is -1.89. The molecule has 7 heteroatoms. The minimum absolute atomic E-state index is 0.244. The van der Waals surface area contributed by atoms with Gasteiger partial charge in [0.2, 0.25) is 0 Å². The second-order valence-electron chi connectivity index (χ2n) is 5.17. The smallest absolute Gasteiger partial charge is 0.320 e. The highest BCUT2D eigenvalue weighted by molar-refractivity contribution is 7.90. The molecule has 2 rings (SSSR count). The molecule has 0 atom stereocenters. The fourth-order valence-corrected chi connectivity index (χ4v) is 2.70. The van der Waals surface area contributed by atoms with E-state index in [1.165, 1.54) is 19.1 Å². The number of sulfone groups is 1. The minimum atomic E-state index is -3.22. The zero-order valence-electron chi connectivity index (χ0n) is 11.8. The van der Waals surface area contributed by atoms with Crippen molar-refractivity contribution in [1.29, 1.82) is 0 Å². The first-order chi connectivity index (χ1) is 9.68. The highest BCUT2D eigenvalue weighted by atomic mass is 32.2. The van der Waals surface area contributed by atoms with E-state index in [9.17, 15) is 18.0 Å². The molecule has 0 aliphatic carbocycles. The van der Waals surface area contributed by atoms with E-state index in [1.54, 1.807) is 12.1 Å². The summed E-state index contributed by atoms with van der Waals surface area (Å²) in [5, 5.41) is 0. The first-order valence-corrected chi connectivity index (χ1v) is 8.30. The van der Waals surface area contributed by atoms with Crippen LogP contribution in [0.2, 0.25) is 0 Å². The number of ether oxygens (including phenoxy) is 2. The van der Waals surface area contributed by atoms with Crippen LogP contribution in [-0.2, 0) is 35.3 Å². The molecule has 1 aromatic rings. The maximum Gasteiger partial charge on any atom is 0.320 e. The number of hydrogen-bond acceptors (Lipinski definition) is 6. The Labute approximate surface area is 123 Å². The lowest BCUT2D eigenvalue weighted by Gasteiger charge is -2.32. The molecule has 1 aromatic carbocycles. The Bertz CT molecular complexity index is 643. The van der Waals surface area contributed by atoms with Gasteiger partial charge in [-0.15, -0.1) is 0 Å². The summed E-state index contributed by atoms with van der Waals surface area (Å²) in [7, 11) is -3.22. The molecule has 1 aliphatic rings. The van der Waals surface area contributed by atoms with Crippen molar-refractivity contribution in [3.63, 3.8) is 0 Å². The third-order valence-corrected chi connectivity index (χ3v) is 4.30. The zero-order valence-corrected chi connectivity index (χ0v) is 12.6. The summed E-state index contributed by atoms with van der Waals surface area (Å²) in [4.78, 5) is 22.8. The van der Waals surface area contributed by atoms with Gasteiger partial charge in [0, 0.05) is 19.6 Å². The van der Waals surface area contributed by atoms with Crippen LogP contribution in [0, 0.1) is 0 Å². The molecule has 0 spiro atoms. The van der Waals surface area contributed by atoms with Crippen molar-refractivity contribution >= 4 is 21.8 Å². The summed E-state index contributed by atoms with van der Waals surface area (Å²) in [5.74, 6) is -2.45. The number of hydrogen-bond donors (Lipinski definition) is 0. The van der Waals surface area contributed by atoms with Crippen molar-refractivity contribution in [3.8, 4) is 0 Å². The average Bonchev–Trinajstić information content (AvgIpc) is 2.34. The van der Waals surface area contributed by atoms with Crippen molar-refractivity contribution < 1.29 is 27.5 Å². The Morgan fingerprint density at radius 3 is 2.10 bits per heavy atom.